The van der Waals surface area contributed by atoms with Gasteiger partial charge < -0.3 is 30.1 Å². The smallest absolute Gasteiger partial charge is 0.747 e. The molecule has 0 amide bonds. The molecule has 18 nitrogen and oxygen atoms in total. The molecular formula is C27H17F2N8Na3O10S3. The van der Waals surface area contributed by atoms with Crippen LogP contribution in [0.1, 0.15) is 0 Å². The van der Waals surface area contributed by atoms with Gasteiger partial charge in [-0.15, -0.1) is 15.3 Å². The van der Waals surface area contributed by atoms with Crippen LogP contribution < -0.4 is 105 Å². The van der Waals surface area contributed by atoms with Crippen molar-refractivity contribution in [1.82, 2.24) is 9.97 Å². The zero-order valence-corrected chi connectivity index (χ0v) is 35.9. The number of hydrogen-bond acceptors (Lipinski definition) is 19. The molecule has 4 aromatic carbocycles. The van der Waals surface area contributed by atoms with Crippen LogP contribution in [0.25, 0.3) is 10.8 Å². The Hall–Kier alpha value is -2.27. The summed E-state index contributed by atoms with van der Waals surface area (Å²) < 4.78 is 101. The summed E-state index contributed by atoms with van der Waals surface area (Å²) >= 11 is 0.233. The second-order valence-electron chi connectivity index (χ2n) is 9.57. The van der Waals surface area contributed by atoms with E-state index in [1.165, 1.54) is 60.7 Å². The van der Waals surface area contributed by atoms with Gasteiger partial charge in [0.05, 0.1) is 33.2 Å². The van der Waals surface area contributed by atoms with Crippen LogP contribution in [0.3, 0.4) is 0 Å². The van der Waals surface area contributed by atoms with Crippen molar-refractivity contribution in [2.24, 2.45) is 20.5 Å². The van der Waals surface area contributed by atoms with Crippen LogP contribution in [0.5, 0.6) is 5.75 Å². The number of hydrogen-bond donors (Lipinski definition) is 3. The van der Waals surface area contributed by atoms with Crippen molar-refractivity contribution < 1.29 is 143 Å². The number of nitrogens with one attached hydrogen (secondary N) is 2. The molecule has 5 aromatic rings. The van der Waals surface area contributed by atoms with Gasteiger partial charge in [-0.25, -0.2) is 16.8 Å². The summed E-state index contributed by atoms with van der Waals surface area (Å²) in [5.41, 5.74) is -0.583. The van der Waals surface area contributed by atoms with Crippen LogP contribution in [-0.2, 0) is 29.6 Å². The van der Waals surface area contributed by atoms with Gasteiger partial charge in [0.2, 0.25) is 5.95 Å². The number of azo groups is 2. The second-order valence-corrected chi connectivity index (χ2v) is 13.1. The van der Waals surface area contributed by atoms with E-state index in [0.29, 0.717) is 0 Å². The van der Waals surface area contributed by atoms with E-state index in [1.807, 2.05) is 0 Å². The third-order valence-electron chi connectivity index (χ3n) is 6.24. The average molecular weight is 817 g/mol. The fourth-order valence-electron chi connectivity index (χ4n) is 4.24. The van der Waals surface area contributed by atoms with Crippen molar-refractivity contribution in [2.45, 2.75) is 9.79 Å². The van der Waals surface area contributed by atoms with Crippen LogP contribution >= 0.6 is 12.0 Å². The Balaban J connectivity index is 0.00000324. The Morgan fingerprint density at radius 3 is 2.23 bits per heavy atom. The summed E-state index contributed by atoms with van der Waals surface area (Å²) in [6.07, 6.45) is -1.31. The van der Waals surface area contributed by atoms with Crippen LogP contribution in [0.15, 0.2) is 103 Å². The number of benzene rings is 4. The second kappa shape index (κ2) is 20.6. The number of phenolic OH excluding ortho intramolecular Hbond substituents is 1. The number of aromatic hydroxyl groups is 1. The van der Waals surface area contributed by atoms with E-state index in [2.05, 4.69) is 50.4 Å². The summed E-state index contributed by atoms with van der Waals surface area (Å²) in [4.78, 5) is 5.47. The molecule has 0 aliphatic heterocycles. The number of anilines is 3. The fraction of sp³-hybridized carbons (Fsp3) is 0.0370. The number of fused-ring (bicyclic) bond motifs is 1. The first-order valence-corrected chi connectivity index (χ1v) is 17.0. The van der Waals surface area contributed by atoms with Crippen LogP contribution in [0.4, 0.5) is 48.7 Å². The molecule has 3 N–H and O–H groups in total. The Labute approximate surface area is 369 Å². The summed E-state index contributed by atoms with van der Waals surface area (Å²) in [6.45, 7) is 0. The zero-order valence-electron chi connectivity index (χ0n) is 27.4. The van der Waals surface area contributed by atoms with Crippen molar-refractivity contribution in [2.75, 3.05) is 16.5 Å². The van der Waals surface area contributed by atoms with E-state index in [0.717, 1.165) is 12.1 Å². The van der Waals surface area contributed by atoms with E-state index in [9.17, 15) is 45.1 Å². The SMILES string of the molecule is O=S(=O)([O-])CNc1ccc2c(O)c(N=Nc3ccccc3S(=O)(=O)[O-])c(SOO[O-])cc2c1N=Nc1cccc(Nc2cc(F)nc(F)n2)c1.[Na+].[Na+].[Na+]. The van der Waals surface area contributed by atoms with E-state index in [1.54, 1.807) is 0 Å². The number of phenols is 1. The third kappa shape index (κ3) is 12.9. The van der Waals surface area contributed by atoms with E-state index >= 15 is 0 Å². The van der Waals surface area contributed by atoms with Crippen LogP contribution in [0.2, 0.25) is 0 Å². The molecule has 0 fully saturated rings. The molecule has 0 unspecified atom stereocenters. The summed E-state index contributed by atoms with van der Waals surface area (Å²) in [5.74, 6) is -3.05. The Morgan fingerprint density at radius 2 is 1.55 bits per heavy atom. The van der Waals surface area contributed by atoms with Gasteiger partial charge in [0.25, 0.3) is 0 Å². The van der Waals surface area contributed by atoms with Crippen molar-refractivity contribution in [3.05, 3.63) is 84.8 Å². The number of rotatable bonds is 13. The molecular weight excluding hydrogens is 800 g/mol. The minimum atomic E-state index is -4.98. The topological polar surface area (TPSA) is 275 Å². The molecule has 26 heteroatoms. The van der Waals surface area contributed by atoms with Gasteiger partial charge >= 0.3 is 94.8 Å². The maximum atomic E-state index is 13.5. The van der Waals surface area contributed by atoms with Crippen LogP contribution in [0, 0.1) is 12.0 Å². The third-order valence-corrected chi connectivity index (χ3v) is 8.24. The molecule has 0 aliphatic rings. The summed E-state index contributed by atoms with van der Waals surface area (Å²) in [7, 11) is -9.78. The molecule has 53 heavy (non-hydrogen) atoms. The van der Waals surface area contributed by atoms with Gasteiger partial charge in [0.15, 0.2) is 5.75 Å². The predicted octanol–water partition coefficient (Wildman–Crippen LogP) is -3.75. The Bertz CT molecular complexity index is 2360. The molecule has 260 valence electrons. The normalized spacial score (nSPS) is 11.6. The van der Waals surface area contributed by atoms with E-state index < -0.39 is 48.8 Å². The average Bonchev–Trinajstić information content (AvgIpc) is 3.04. The Morgan fingerprint density at radius 1 is 0.830 bits per heavy atom. The van der Waals surface area contributed by atoms with Crippen molar-refractivity contribution >= 4 is 83.0 Å². The van der Waals surface area contributed by atoms with E-state index in [4.69, 9.17) is 0 Å². The van der Waals surface area contributed by atoms with Gasteiger partial charge in [-0.05, 0) is 48.5 Å². The predicted molar refractivity (Wildman–Crippen MR) is 166 cm³/mol. The van der Waals surface area contributed by atoms with Gasteiger partial charge in [0, 0.05) is 22.5 Å². The van der Waals surface area contributed by atoms with Gasteiger partial charge in [0.1, 0.15) is 49.0 Å². The first-order valence-electron chi connectivity index (χ1n) is 13.3. The van der Waals surface area contributed by atoms with E-state index in [-0.39, 0.29) is 156 Å². The molecule has 0 aliphatic carbocycles. The van der Waals surface area contributed by atoms with Crippen molar-refractivity contribution in [3.8, 4) is 5.75 Å². The number of aromatic nitrogens is 2. The quantitative estimate of drug-likeness (QED) is 0.0151. The number of nitrogens with zero attached hydrogens (tertiary/aromatic N) is 6. The first-order chi connectivity index (χ1) is 23.7. The number of halogens is 2. The summed E-state index contributed by atoms with van der Waals surface area (Å²) in [6, 6.07) is 15.3. The molecule has 0 saturated heterocycles. The van der Waals surface area contributed by atoms with Gasteiger partial charge in [-0.1, -0.05) is 18.2 Å². The largest absolute Gasteiger partial charge is 1.00 e. The molecule has 1 heterocycles. The molecule has 0 spiro atoms. The first kappa shape index (κ1) is 46.9. The molecule has 0 atom stereocenters. The summed E-state index contributed by atoms with van der Waals surface area (Å²) in [5, 5.41) is 46.5. The van der Waals surface area contributed by atoms with Crippen molar-refractivity contribution in [3.63, 3.8) is 0 Å². The molecule has 5 rings (SSSR count). The Kier molecular flexibility index (Phi) is 18.2. The van der Waals surface area contributed by atoms with Crippen molar-refractivity contribution in [1.29, 1.82) is 0 Å². The molecule has 0 saturated carbocycles. The molecule has 0 radical (unpaired) electrons. The minimum Gasteiger partial charge on any atom is -0.747 e. The van der Waals surface area contributed by atoms with Crippen LogP contribution in [-0.4, -0.2) is 46.9 Å². The zero-order chi connectivity index (χ0) is 36.1. The minimum absolute atomic E-state index is 0. The maximum Gasteiger partial charge on any atom is 1.00 e. The molecule has 0 bridgehead atoms. The fourth-order valence-corrected chi connectivity index (χ4v) is 5.67. The standard InChI is InChI=1S/C27H20F2N8O10S3.3Na/c28-22-12-23(33-27(29)32-22)31-14-4-3-5-15(10-14)34-36-24-17-11-20(48-47-46-39)25(37-35-18-6-1-2-7-21(18)50(43,44)45)26(38)16(17)8-9-19(24)30-13-49(40,41)42;;;/h1-12,30,38-39H,13H2,(H,31,32,33)(H,40,41,42)(H,43,44,45);;;/q;3*+1/p-3. The molecule has 1 aromatic heterocycles. The maximum absolute atomic E-state index is 13.5. The van der Waals surface area contributed by atoms with Gasteiger partial charge in [-0.2, -0.15) is 28.2 Å². The monoisotopic (exact) mass is 816 g/mol. The van der Waals surface area contributed by atoms with Gasteiger partial charge in [-0.3, -0.25) is 5.04 Å².